The molecule has 1 aromatic carbocycles. The molecule has 1 heterocycles. The zero-order valence-corrected chi connectivity index (χ0v) is 13.8. The topological polar surface area (TPSA) is 63.2 Å². The van der Waals surface area contributed by atoms with Crippen LogP contribution in [0.3, 0.4) is 0 Å². The van der Waals surface area contributed by atoms with Crippen molar-refractivity contribution in [3.8, 4) is 5.75 Å². The van der Waals surface area contributed by atoms with Crippen LogP contribution in [0.15, 0.2) is 35.8 Å². The van der Waals surface area contributed by atoms with E-state index >= 15 is 0 Å². The van der Waals surface area contributed by atoms with Gasteiger partial charge in [0.2, 0.25) is 0 Å². The van der Waals surface area contributed by atoms with Gasteiger partial charge in [-0.1, -0.05) is 18.2 Å². The second-order valence-electron chi connectivity index (χ2n) is 5.19. The lowest BCUT2D eigenvalue weighted by Gasteiger charge is -2.16. The van der Waals surface area contributed by atoms with Crippen molar-refractivity contribution in [1.82, 2.24) is 15.6 Å². The van der Waals surface area contributed by atoms with Crippen LogP contribution in [0.25, 0.3) is 0 Å². The molecule has 2 rings (SSSR count). The molecule has 1 unspecified atom stereocenters. The summed E-state index contributed by atoms with van der Waals surface area (Å²) < 4.78 is 5.74. The summed E-state index contributed by atoms with van der Waals surface area (Å²) in [5.41, 5.74) is 0.952. The molecule has 2 aromatic rings. The SMILES string of the molecule is CC(C)Oc1ccccc1CNC(=O)NC(C)c1nccs1. The number of rotatable bonds is 6. The number of amides is 2. The van der Waals surface area contributed by atoms with E-state index in [1.807, 2.05) is 50.4 Å². The minimum Gasteiger partial charge on any atom is -0.491 e. The fourth-order valence-electron chi connectivity index (χ4n) is 1.95. The number of carbonyl (C=O) groups is 1. The highest BCUT2D eigenvalue weighted by Crippen LogP contribution is 2.19. The first-order valence-corrected chi connectivity index (χ1v) is 8.12. The Labute approximate surface area is 134 Å². The van der Waals surface area contributed by atoms with Crippen LogP contribution in [0.2, 0.25) is 0 Å². The van der Waals surface area contributed by atoms with Gasteiger partial charge in [-0.2, -0.15) is 0 Å². The van der Waals surface area contributed by atoms with E-state index in [4.69, 9.17) is 4.74 Å². The van der Waals surface area contributed by atoms with Crippen LogP contribution < -0.4 is 15.4 Å². The van der Waals surface area contributed by atoms with Gasteiger partial charge in [-0.3, -0.25) is 0 Å². The second kappa shape index (κ2) is 7.79. The van der Waals surface area contributed by atoms with Crippen molar-refractivity contribution in [2.45, 2.75) is 39.5 Å². The van der Waals surface area contributed by atoms with E-state index in [1.54, 1.807) is 6.20 Å². The lowest BCUT2D eigenvalue weighted by atomic mass is 10.2. The molecule has 2 N–H and O–H groups in total. The van der Waals surface area contributed by atoms with Crippen LogP contribution in [-0.4, -0.2) is 17.1 Å². The summed E-state index contributed by atoms with van der Waals surface area (Å²) >= 11 is 1.52. The van der Waals surface area contributed by atoms with Gasteiger partial charge in [0.15, 0.2) is 0 Å². The summed E-state index contributed by atoms with van der Waals surface area (Å²) in [5, 5.41) is 8.50. The Morgan fingerprint density at radius 1 is 1.32 bits per heavy atom. The molecule has 0 fully saturated rings. The van der Waals surface area contributed by atoms with Crippen LogP contribution in [0.5, 0.6) is 5.75 Å². The average Bonchev–Trinajstić information content (AvgIpc) is 3.00. The van der Waals surface area contributed by atoms with Gasteiger partial charge in [0.05, 0.1) is 12.1 Å². The van der Waals surface area contributed by atoms with Crippen molar-refractivity contribution in [1.29, 1.82) is 0 Å². The Kier molecular flexibility index (Phi) is 5.77. The predicted molar refractivity (Wildman–Crippen MR) is 88.1 cm³/mol. The minimum absolute atomic E-state index is 0.0971. The molecule has 2 amide bonds. The van der Waals surface area contributed by atoms with E-state index in [2.05, 4.69) is 15.6 Å². The standard InChI is InChI=1S/C16H21N3O2S/c1-11(2)21-14-7-5-4-6-13(14)10-18-16(20)19-12(3)15-17-8-9-22-15/h4-9,11-12H,10H2,1-3H3,(H2,18,19,20). The first-order chi connectivity index (χ1) is 10.6. The zero-order valence-electron chi connectivity index (χ0n) is 13.0. The highest BCUT2D eigenvalue weighted by molar-refractivity contribution is 7.09. The fraction of sp³-hybridized carbons (Fsp3) is 0.375. The molecule has 0 spiro atoms. The Balaban J connectivity index is 1.88. The normalized spacial score (nSPS) is 12.0. The molecular weight excluding hydrogens is 298 g/mol. The van der Waals surface area contributed by atoms with Crippen molar-refractivity contribution in [3.05, 3.63) is 46.4 Å². The highest BCUT2D eigenvalue weighted by Gasteiger charge is 2.12. The number of nitrogens with one attached hydrogen (secondary N) is 2. The van der Waals surface area contributed by atoms with E-state index in [0.717, 1.165) is 16.3 Å². The monoisotopic (exact) mass is 319 g/mol. The molecule has 0 aliphatic carbocycles. The quantitative estimate of drug-likeness (QED) is 0.856. The molecule has 118 valence electrons. The number of aromatic nitrogens is 1. The first-order valence-electron chi connectivity index (χ1n) is 7.24. The van der Waals surface area contributed by atoms with Gasteiger partial charge in [0, 0.05) is 23.7 Å². The molecule has 22 heavy (non-hydrogen) atoms. The van der Waals surface area contributed by atoms with Gasteiger partial charge >= 0.3 is 6.03 Å². The number of thiazole rings is 1. The van der Waals surface area contributed by atoms with Gasteiger partial charge in [-0.25, -0.2) is 9.78 Å². The molecule has 0 bridgehead atoms. The van der Waals surface area contributed by atoms with Crippen molar-refractivity contribution >= 4 is 17.4 Å². The smallest absolute Gasteiger partial charge is 0.315 e. The average molecular weight is 319 g/mol. The maximum atomic E-state index is 12.0. The molecule has 1 atom stereocenters. The number of urea groups is 1. The zero-order chi connectivity index (χ0) is 15.9. The van der Waals surface area contributed by atoms with Gasteiger partial charge in [-0.05, 0) is 26.8 Å². The van der Waals surface area contributed by atoms with Crippen LogP contribution in [0, 0.1) is 0 Å². The molecule has 0 aliphatic rings. The Morgan fingerprint density at radius 3 is 2.77 bits per heavy atom. The summed E-state index contributed by atoms with van der Waals surface area (Å²) in [6.07, 6.45) is 1.83. The molecule has 1 aromatic heterocycles. The summed E-state index contributed by atoms with van der Waals surface area (Å²) in [6.45, 7) is 6.28. The summed E-state index contributed by atoms with van der Waals surface area (Å²) in [7, 11) is 0. The Morgan fingerprint density at radius 2 is 2.09 bits per heavy atom. The third-order valence-corrected chi connectivity index (χ3v) is 3.90. The van der Waals surface area contributed by atoms with Gasteiger partial charge < -0.3 is 15.4 Å². The maximum Gasteiger partial charge on any atom is 0.315 e. The van der Waals surface area contributed by atoms with Crippen LogP contribution in [-0.2, 0) is 6.54 Å². The molecule has 5 nitrogen and oxygen atoms in total. The molecule has 0 aliphatic heterocycles. The van der Waals surface area contributed by atoms with Crippen molar-refractivity contribution in [2.75, 3.05) is 0 Å². The summed E-state index contributed by atoms with van der Waals surface area (Å²) in [4.78, 5) is 16.2. The number of hydrogen-bond donors (Lipinski definition) is 2. The number of para-hydroxylation sites is 1. The van der Waals surface area contributed by atoms with Crippen molar-refractivity contribution in [3.63, 3.8) is 0 Å². The third kappa shape index (κ3) is 4.73. The van der Waals surface area contributed by atoms with Crippen LogP contribution in [0.1, 0.15) is 37.4 Å². The van der Waals surface area contributed by atoms with Gasteiger partial charge in [0.25, 0.3) is 0 Å². The van der Waals surface area contributed by atoms with Crippen molar-refractivity contribution in [2.24, 2.45) is 0 Å². The highest BCUT2D eigenvalue weighted by atomic mass is 32.1. The lowest BCUT2D eigenvalue weighted by molar-refractivity contribution is 0.234. The third-order valence-electron chi connectivity index (χ3n) is 2.94. The first kappa shape index (κ1) is 16.3. The van der Waals surface area contributed by atoms with E-state index in [1.165, 1.54) is 11.3 Å². The number of nitrogens with zero attached hydrogens (tertiary/aromatic N) is 1. The molecule has 0 radical (unpaired) electrons. The van der Waals surface area contributed by atoms with E-state index in [-0.39, 0.29) is 18.2 Å². The Bertz CT molecular complexity index is 599. The Hall–Kier alpha value is -2.08. The van der Waals surface area contributed by atoms with Crippen LogP contribution in [0.4, 0.5) is 4.79 Å². The number of ether oxygens (including phenoxy) is 1. The lowest BCUT2D eigenvalue weighted by Crippen LogP contribution is -2.36. The summed E-state index contributed by atoms with van der Waals surface area (Å²) in [5.74, 6) is 0.797. The fourth-order valence-corrected chi connectivity index (χ4v) is 2.60. The van der Waals surface area contributed by atoms with Gasteiger partial charge in [0.1, 0.15) is 10.8 Å². The van der Waals surface area contributed by atoms with E-state index < -0.39 is 0 Å². The molecule has 0 saturated carbocycles. The predicted octanol–water partition coefficient (Wildman–Crippen LogP) is 3.49. The molecular formula is C16H21N3O2S. The maximum absolute atomic E-state index is 12.0. The van der Waals surface area contributed by atoms with Gasteiger partial charge in [-0.15, -0.1) is 11.3 Å². The largest absolute Gasteiger partial charge is 0.491 e. The minimum atomic E-state index is -0.220. The number of benzene rings is 1. The molecule has 0 saturated heterocycles. The summed E-state index contributed by atoms with van der Waals surface area (Å²) in [6, 6.07) is 7.38. The molecule has 6 heteroatoms. The number of carbonyl (C=O) groups excluding carboxylic acids is 1. The second-order valence-corrected chi connectivity index (χ2v) is 6.12. The van der Waals surface area contributed by atoms with E-state index in [9.17, 15) is 4.79 Å². The van der Waals surface area contributed by atoms with Crippen molar-refractivity contribution < 1.29 is 9.53 Å². The van der Waals surface area contributed by atoms with E-state index in [0.29, 0.717) is 6.54 Å². The van der Waals surface area contributed by atoms with Crippen LogP contribution >= 0.6 is 11.3 Å². The number of hydrogen-bond acceptors (Lipinski definition) is 4.